The number of methoxy groups -OCH3 is 4. The van der Waals surface area contributed by atoms with Crippen LogP contribution in [-0.2, 0) is 28.5 Å². The third-order valence-electron chi connectivity index (χ3n) is 11.6. The molecule has 36 heavy (non-hydrogen) atoms. The van der Waals surface area contributed by atoms with Gasteiger partial charge in [0, 0.05) is 59.5 Å². The Hall–Kier alpha value is -1.10. The van der Waals surface area contributed by atoms with Crippen molar-refractivity contribution in [3.8, 4) is 0 Å². The Morgan fingerprint density at radius 3 is 2.44 bits per heavy atom. The lowest BCUT2D eigenvalue weighted by molar-refractivity contribution is -0.622. The Balaban J connectivity index is 1.66. The van der Waals surface area contributed by atoms with Gasteiger partial charge < -0.3 is 33.9 Å². The van der Waals surface area contributed by atoms with Crippen LogP contribution in [0.5, 0.6) is 0 Å². The first-order valence-electron chi connectivity index (χ1n) is 13.5. The van der Waals surface area contributed by atoms with Crippen molar-refractivity contribution >= 4 is 12.2 Å². The summed E-state index contributed by atoms with van der Waals surface area (Å²) in [4.78, 5) is 12.0. The number of fused-ring (bicyclic) bond motifs is 2. The highest BCUT2D eigenvalue weighted by molar-refractivity contribution is 5.69. The Morgan fingerprint density at radius 1 is 1.11 bits per heavy atom. The lowest BCUT2D eigenvalue weighted by Gasteiger charge is -2.64. The smallest absolute Gasteiger partial charge is 0.302 e. The summed E-state index contributed by atoms with van der Waals surface area (Å²) in [5.74, 6) is -0.642. The summed E-state index contributed by atoms with van der Waals surface area (Å²) in [7, 11) is 6.79. The molecule has 0 unspecified atom stereocenters. The molecule has 6 rings (SSSR count). The van der Waals surface area contributed by atoms with E-state index < -0.39 is 34.2 Å². The molecule has 7 bridgehead atoms. The molecule has 5 aliphatic carbocycles. The van der Waals surface area contributed by atoms with Crippen molar-refractivity contribution in [2.45, 2.75) is 81.2 Å². The molecular formula is C27H42NO8+. The van der Waals surface area contributed by atoms with E-state index in [4.69, 9.17) is 23.7 Å². The van der Waals surface area contributed by atoms with Crippen LogP contribution in [0.4, 0.5) is 0 Å². The van der Waals surface area contributed by atoms with Crippen LogP contribution in [0, 0.1) is 34.5 Å². The molecule has 5 fully saturated rings. The zero-order chi connectivity index (χ0) is 25.8. The van der Waals surface area contributed by atoms with Crippen LogP contribution in [0.3, 0.4) is 0 Å². The molecule has 0 radical (unpaired) electrons. The van der Waals surface area contributed by atoms with Crippen LogP contribution in [0.1, 0.15) is 39.5 Å². The Kier molecular flexibility index (Phi) is 5.57. The van der Waals surface area contributed by atoms with Crippen molar-refractivity contribution < 1.29 is 43.3 Å². The van der Waals surface area contributed by atoms with E-state index in [0.29, 0.717) is 13.0 Å². The van der Waals surface area contributed by atoms with Crippen LogP contribution >= 0.6 is 0 Å². The molecule has 0 saturated heterocycles. The van der Waals surface area contributed by atoms with Gasteiger partial charge >= 0.3 is 5.97 Å². The Morgan fingerprint density at radius 2 is 1.86 bits per heavy atom. The second kappa shape index (κ2) is 7.96. The molecule has 1 aliphatic heterocycles. The number of aliphatic hydroxyl groups is 2. The van der Waals surface area contributed by atoms with Crippen LogP contribution < -0.4 is 0 Å². The van der Waals surface area contributed by atoms with E-state index in [2.05, 4.69) is 17.7 Å². The normalized spacial score (nSPS) is 55.9. The quantitative estimate of drug-likeness (QED) is 0.381. The number of carbonyl (C=O) groups excluding carboxylic acids is 1. The molecule has 0 aromatic carbocycles. The molecule has 202 valence electrons. The second-order valence-electron chi connectivity index (χ2n) is 12.2. The number of carbonyl (C=O) groups is 1. The van der Waals surface area contributed by atoms with Crippen molar-refractivity contribution in [3.63, 3.8) is 0 Å². The highest BCUT2D eigenvalue weighted by atomic mass is 16.5. The van der Waals surface area contributed by atoms with Crippen molar-refractivity contribution in [3.05, 3.63) is 0 Å². The summed E-state index contributed by atoms with van der Waals surface area (Å²) in [6, 6.07) is -0.404. The highest BCUT2D eigenvalue weighted by Gasteiger charge is 2.94. The molecule has 9 nitrogen and oxygen atoms in total. The number of hydrogen-bond donors (Lipinski definition) is 2. The van der Waals surface area contributed by atoms with Gasteiger partial charge in [-0.15, -0.1) is 0 Å². The zero-order valence-electron chi connectivity index (χ0n) is 22.3. The van der Waals surface area contributed by atoms with Crippen molar-refractivity contribution in [1.29, 1.82) is 0 Å². The van der Waals surface area contributed by atoms with Gasteiger partial charge in [0.05, 0.1) is 29.1 Å². The molecule has 0 aromatic heterocycles. The Labute approximate surface area is 213 Å². The number of likely N-dealkylation sites (N-methyl/N-ethyl adjacent to an activating group) is 1. The lowest BCUT2D eigenvalue weighted by atomic mass is 9.43. The van der Waals surface area contributed by atoms with Crippen LogP contribution in [0.2, 0.25) is 0 Å². The van der Waals surface area contributed by atoms with E-state index in [1.807, 2.05) is 0 Å². The van der Waals surface area contributed by atoms with Gasteiger partial charge in [-0.25, -0.2) is 4.58 Å². The van der Waals surface area contributed by atoms with Crippen LogP contribution in [0.25, 0.3) is 0 Å². The largest absolute Gasteiger partial charge is 0.465 e. The summed E-state index contributed by atoms with van der Waals surface area (Å²) >= 11 is 0. The molecule has 1 spiro atoms. The highest BCUT2D eigenvalue weighted by Crippen LogP contribution is 2.79. The van der Waals surface area contributed by atoms with Gasteiger partial charge in [0.2, 0.25) is 0 Å². The molecule has 1 heterocycles. The van der Waals surface area contributed by atoms with E-state index in [9.17, 15) is 15.0 Å². The molecule has 5 saturated carbocycles. The first-order valence-corrected chi connectivity index (χ1v) is 13.5. The van der Waals surface area contributed by atoms with Gasteiger partial charge in [0.1, 0.15) is 31.1 Å². The molecular weight excluding hydrogens is 466 g/mol. The first-order chi connectivity index (χ1) is 17.2. The minimum absolute atomic E-state index is 0.0257. The molecule has 13 atom stereocenters. The average Bonchev–Trinajstić information content (AvgIpc) is 3.28. The second-order valence-corrected chi connectivity index (χ2v) is 12.2. The summed E-state index contributed by atoms with van der Waals surface area (Å²) in [5.41, 5.74) is -4.12. The van der Waals surface area contributed by atoms with Gasteiger partial charge in [0.25, 0.3) is 0 Å². The fourth-order valence-electron chi connectivity index (χ4n) is 11.0. The van der Waals surface area contributed by atoms with E-state index in [0.717, 1.165) is 19.3 Å². The SMILES string of the molecule is CC[N+]1=C[C@]2(COC(C)=O)CC[C@H](OC)[C@@]34[C@@H]5C[C@H]6[C@H](OC)[C@@H]5[C@](O)(C[C@@H]6OC)[C@](O)([C@@H](OC)[C@H]23)[C@@H]14. The number of ether oxygens (including phenoxy) is 5. The summed E-state index contributed by atoms with van der Waals surface area (Å²) in [6.07, 6.45) is 3.60. The van der Waals surface area contributed by atoms with Gasteiger partial charge in [0.15, 0.2) is 11.6 Å². The van der Waals surface area contributed by atoms with E-state index in [-0.39, 0.29) is 54.6 Å². The zero-order valence-corrected chi connectivity index (χ0v) is 22.3. The van der Waals surface area contributed by atoms with Gasteiger partial charge in [-0.3, -0.25) is 4.79 Å². The number of esters is 1. The van der Waals surface area contributed by atoms with E-state index in [1.54, 1.807) is 28.4 Å². The summed E-state index contributed by atoms with van der Waals surface area (Å²) in [5, 5.41) is 25.9. The fraction of sp³-hybridized carbons (Fsp3) is 0.926. The summed E-state index contributed by atoms with van der Waals surface area (Å²) < 4.78 is 32.6. The first kappa shape index (κ1) is 25.2. The number of nitrogens with zero attached hydrogens (tertiary/aromatic N) is 1. The monoisotopic (exact) mass is 508 g/mol. The van der Waals surface area contributed by atoms with Crippen LogP contribution in [0.15, 0.2) is 0 Å². The third-order valence-corrected chi connectivity index (χ3v) is 11.6. The molecule has 2 N–H and O–H groups in total. The van der Waals surface area contributed by atoms with Crippen LogP contribution in [-0.4, -0.2) is 110 Å². The third kappa shape index (κ3) is 2.49. The topological polar surface area (TPSA) is 107 Å². The predicted octanol–water partition coefficient (Wildman–Crippen LogP) is 0.623. The minimum Gasteiger partial charge on any atom is -0.465 e. The van der Waals surface area contributed by atoms with Crippen molar-refractivity contribution in [2.24, 2.45) is 34.5 Å². The summed E-state index contributed by atoms with van der Waals surface area (Å²) in [6.45, 7) is 4.38. The fourth-order valence-corrected chi connectivity index (χ4v) is 11.0. The maximum Gasteiger partial charge on any atom is 0.302 e. The maximum atomic E-state index is 13.1. The molecule has 9 heteroatoms. The number of hydrogen-bond acceptors (Lipinski definition) is 8. The predicted molar refractivity (Wildman–Crippen MR) is 128 cm³/mol. The number of rotatable bonds is 7. The molecule has 0 amide bonds. The van der Waals surface area contributed by atoms with E-state index >= 15 is 0 Å². The standard InChI is InChI=1S/C27H42NO8/c1-7-28-12-24(13-36-14(2)29)9-8-18(33-4)26-16-10-15-17(32-3)11-25(30,19(16)20(15)34-5)27(31,23(26)28)22(35-6)21(24)26/h12,15-23,30-31H,7-11,13H2,1-6H3/q+1/t15-,16-,17+,18+,19-,20+,21-,22+,23+,24+,25-,26+,27+/m1/s1. The average molecular weight is 509 g/mol. The van der Waals surface area contributed by atoms with Gasteiger partial charge in [-0.1, -0.05) is 0 Å². The van der Waals surface area contributed by atoms with Gasteiger partial charge in [-0.05, 0) is 32.1 Å². The van der Waals surface area contributed by atoms with E-state index in [1.165, 1.54) is 6.92 Å². The van der Waals surface area contributed by atoms with Crippen molar-refractivity contribution in [2.75, 3.05) is 41.6 Å². The maximum absolute atomic E-state index is 13.1. The Bertz CT molecular complexity index is 973. The lowest BCUT2D eigenvalue weighted by Crippen LogP contribution is -2.80. The van der Waals surface area contributed by atoms with Gasteiger partial charge in [-0.2, -0.15) is 0 Å². The minimum atomic E-state index is -1.60. The molecule has 6 aliphatic rings. The van der Waals surface area contributed by atoms with Crippen molar-refractivity contribution in [1.82, 2.24) is 0 Å². The molecule has 0 aromatic rings.